The van der Waals surface area contributed by atoms with Gasteiger partial charge in [0.2, 0.25) is 9.84 Å². The van der Waals surface area contributed by atoms with E-state index < -0.39 is 9.84 Å². The number of hydrogen-bond donors (Lipinski definition) is 0. The van der Waals surface area contributed by atoms with Crippen molar-refractivity contribution in [1.82, 2.24) is 0 Å². The fourth-order valence-corrected chi connectivity index (χ4v) is 2.49. The molecule has 0 aliphatic heterocycles. The lowest BCUT2D eigenvalue weighted by molar-refractivity contribution is 0.605. The highest BCUT2D eigenvalue weighted by Gasteiger charge is 2.06. The van der Waals surface area contributed by atoms with Crippen LogP contribution in [0.5, 0.6) is 0 Å². The monoisotopic (exact) mass is 270 g/mol. The average Bonchev–Trinajstić information content (AvgIpc) is 2.46. The lowest BCUT2D eigenvalue weighted by Crippen LogP contribution is -2.05. The highest BCUT2D eigenvalue weighted by Crippen LogP contribution is 2.02. The minimum atomic E-state index is -3.34. The van der Waals surface area contributed by atoms with Crippen LogP contribution < -0.4 is 0 Å². The minimum Gasteiger partial charge on any atom is -0.215 e. The maximum atomic E-state index is 11.8. The first kappa shape index (κ1) is 13.4. The summed E-state index contributed by atoms with van der Waals surface area (Å²) in [4.78, 5) is 0. The van der Waals surface area contributed by atoms with Crippen LogP contribution in [0, 0.1) is 11.2 Å². The van der Waals surface area contributed by atoms with E-state index in [4.69, 9.17) is 0 Å². The molecule has 0 amide bonds. The van der Waals surface area contributed by atoms with Gasteiger partial charge in [-0.15, -0.1) is 0 Å². The van der Waals surface area contributed by atoms with E-state index in [2.05, 4.69) is 11.2 Å². The van der Waals surface area contributed by atoms with Crippen molar-refractivity contribution in [2.75, 3.05) is 5.75 Å². The Bertz CT molecular complexity index is 678. The van der Waals surface area contributed by atoms with Crippen molar-refractivity contribution in [3.8, 4) is 11.2 Å². The van der Waals surface area contributed by atoms with E-state index in [1.807, 2.05) is 48.5 Å². The van der Waals surface area contributed by atoms with Gasteiger partial charge in [0.05, 0.1) is 5.75 Å². The molecule has 0 aromatic heterocycles. The zero-order valence-corrected chi connectivity index (χ0v) is 11.2. The van der Waals surface area contributed by atoms with Crippen LogP contribution in [-0.4, -0.2) is 14.2 Å². The largest absolute Gasteiger partial charge is 0.217 e. The van der Waals surface area contributed by atoms with Crippen molar-refractivity contribution < 1.29 is 8.42 Å². The van der Waals surface area contributed by atoms with Crippen molar-refractivity contribution in [3.05, 3.63) is 71.8 Å². The van der Waals surface area contributed by atoms with E-state index in [9.17, 15) is 8.42 Å². The standard InChI is InChI=1S/C16H14O2S/c17-19(18,13-11-15-7-3-1-4-8-15)14-12-16-9-5-2-6-10-16/h1-10H,11,13H2. The van der Waals surface area contributed by atoms with Crippen LogP contribution in [0.1, 0.15) is 11.1 Å². The molecule has 0 fully saturated rings. The third kappa shape index (κ3) is 4.61. The van der Waals surface area contributed by atoms with Gasteiger partial charge in [0.1, 0.15) is 0 Å². The van der Waals surface area contributed by atoms with Gasteiger partial charge in [0.15, 0.2) is 0 Å². The average molecular weight is 270 g/mol. The third-order valence-corrected chi connectivity index (χ3v) is 3.78. The molecule has 2 nitrogen and oxygen atoms in total. The summed E-state index contributed by atoms with van der Waals surface area (Å²) in [5, 5.41) is 2.37. The lowest BCUT2D eigenvalue weighted by atomic mass is 10.2. The fraction of sp³-hybridized carbons (Fsp3) is 0.125. The van der Waals surface area contributed by atoms with Crippen LogP contribution in [0.15, 0.2) is 60.7 Å². The van der Waals surface area contributed by atoms with Crippen LogP contribution in [-0.2, 0) is 16.3 Å². The number of rotatable bonds is 3. The lowest BCUT2D eigenvalue weighted by Gasteiger charge is -1.98. The molecule has 0 aliphatic carbocycles. The SMILES string of the molecule is O=S(=O)(C#Cc1ccccc1)CCc1ccccc1. The predicted molar refractivity (Wildman–Crippen MR) is 77.3 cm³/mol. The first-order chi connectivity index (χ1) is 9.16. The van der Waals surface area contributed by atoms with Crippen LogP contribution in [0.3, 0.4) is 0 Å². The Balaban J connectivity index is 2.02. The molecule has 0 atom stereocenters. The number of benzene rings is 2. The predicted octanol–water partition coefficient (Wildman–Crippen LogP) is 2.65. The summed E-state index contributed by atoms with van der Waals surface area (Å²) in [6, 6.07) is 18.7. The number of aryl methyl sites for hydroxylation is 1. The molecule has 0 radical (unpaired) electrons. The summed E-state index contributed by atoms with van der Waals surface area (Å²) >= 11 is 0. The van der Waals surface area contributed by atoms with Gasteiger partial charge < -0.3 is 0 Å². The second-order valence-corrected chi connectivity index (χ2v) is 5.99. The topological polar surface area (TPSA) is 34.1 Å². The number of sulfone groups is 1. The van der Waals surface area contributed by atoms with E-state index in [1.165, 1.54) is 0 Å². The molecule has 96 valence electrons. The maximum Gasteiger partial charge on any atom is 0.217 e. The molecular formula is C16H14O2S. The van der Waals surface area contributed by atoms with Gasteiger partial charge in [-0.2, -0.15) is 0 Å². The Kier molecular flexibility index (Phi) is 4.38. The smallest absolute Gasteiger partial charge is 0.215 e. The van der Waals surface area contributed by atoms with Gasteiger partial charge >= 0.3 is 0 Å². The molecular weight excluding hydrogens is 256 g/mol. The normalized spacial score (nSPS) is 10.5. The van der Waals surface area contributed by atoms with Crippen molar-refractivity contribution in [1.29, 1.82) is 0 Å². The molecule has 0 unspecified atom stereocenters. The quantitative estimate of drug-likeness (QED) is 0.804. The maximum absolute atomic E-state index is 11.8. The summed E-state index contributed by atoms with van der Waals surface area (Å²) < 4.78 is 23.6. The summed E-state index contributed by atoms with van der Waals surface area (Å²) in [6.07, 6.45) is 0.493. The molecule has 0 spiro atoms. The van der Waals surface area contributed by atoms with Gasteiger partial charge in [0.25, 0.3) is 0 Å². The molecule has 3 heteroatoms. The first-order valence-corrected chi connectivity index (χ1v) is 7.65. The summed E-state index contributed by atoms with van der Waals surface area (Å²) in [6.45, 7) is 0. The van der Waals surface area contributed by atoms with Gasteiger partial charge in [0, 0.05) is 10.8 Å². The summed E-state index contributed by atoms with van der Waals surface area (Å²) in [5.41, 5.74) is 1.72. The molecule has 0 N–H and O–H groups in total. The van der Waals surface area contributed by atoms with Gasteiger partial charge in [-0.1, -0.05) is 54.5 Å². The van der Waals surface area contributed by atoms with E-state index in [0.717, 1.165) is 5.56 Å². The number of hydrogen-bond acceptors (Lipinski definition) is 2. The summed E-state index contributed by atoms with van der Waals surface area (Å²) in [7, 11) is -3.34. The van der Waals surface area contributed by atoms with Crippen LogP contribution in [0.2, 0.25) is 0 Å². The van der Waals surface area contributed by atoms with Crippen molar-refractivity contribution in [3.63, 3.8) is 0 Å². The van der Waals surface area contributed by atoms with E-state index in [-0.39, 0.29) is 5.75 Å². The second kappa shape index (κ2) is 6.21. The highest BCUT2D eigenvalue weighted by atomic mass is 32.2. The third-order valence-electron chi connectivity index (χ3n) is 2.63. The Morgan fingerprint density at radius 3 is 2.05 bits per heavy atom. The molecule has 0 aliphatic rings. The molecule has 0 bridgehead atoms. The van der Waals surface area contributed by atoms with Crippen LogP contribution in [0.4, 0.5) is 0 Å². The van der Waals surface area contributed by atoms with Crippen molar-refractivity contribution >= 4 is 9.84 Å². The van der Waals surface area contributed by atoms with Crippen LogP contribution in [0.25, 0.3) is 0 Å². The molecule has 0 saturated carbocycles. The Morgan fingerprint density at radius 2 is 1.42 bits per heavy atom. The molecule has 2 aromatic rings. The molecule has 2 aromatic carbocycles. The van der Waals surface area contributed by atoms with E-state index in [0.29, 0.717) is 12.0 Å². The zero-order chi connectivity index (χ0) is 13.6. The first-order valence-electron chi connectivity index (χ1n) is 6.00. The molecule has 2 rings (SSSR count). The van der Waals surface area contributed by atoms with Crippen LogP contribution >= 0.6 is 0 Å². The zero-order valence-electron chi connectivity index (χ0n) is 10.4. The fourth-order valence-electron chi connectivity index (χ4n) is 1.61. The molecule has 19 heavy (non-hydrogen) atoms. The Labute approximate surface area is 114 Å². The Morgan fingerprint density at radius 1 is 0.842 bits per heavy atom. The second-order valence-electron chi connectivity index (χ2n) is 4.15. The van der Waals surface area contributed by atoms with E-state index in [1.54, 1.807) is 12.1 Å². The van der Waals surface area contributed by atoms with E-state index >= 15 is 0 Å². The minimum absolute atomic E-state index is 0.0524. The van der Waals surface area contributed by atoms with Gasteiger partial charge in [-0.05, 0) is 24.1 Å². The van der Waals surface area contributed by atoms with Gasteiger partial charge in [-0.25, -0.2) is 8.42 Å². The molecule has 0 saturated heterocycles. The van der Waals surface area contributed by atoms with Crippen molar-refractivity contribution in [2.24, 2.45) is 0 Å². The molecule has 0 heterocycles. The van der Waals surface area contributed by atoms with Crippen molar-refractivity contribution in [2.45, 2.75) is 6.42 Å². The summed E-state index contributed by atoms with van der Waals surface area (Å²) in [5.74, 6) is 2.74. The highest BCUT2D eigenvalue weighted by molar-refractivity contribution is 7.96. The van der Waals surface area contributed by atoms with Gasteiger partial charge in [-0.3, -0.25) is 0 Å². The Hall–Kier alpha value is -2.05.